The van der Waals surface area contributed by atoms with Gasteiger partial charge in [-0.1, -0.05) is 0 Å². The monoisotopic (exact) mass is 384 g/mol. The topological polar surface area (TPSA) is 95.8 Å². The Morgan fingerprint density at radius 1 is 1.04 bits per heavy atom. The Balaban J connectivity index is 1.63. The zero-order chi connectivity index (χ0) is 20.3. The summed E-state index contributed by atoms with van der Waals surface area (Å²) in [5.41, 5.74) is 0.230. The van der Waals surface area contributed by atoms with E-state index >= 15 is 0 Å². The maximum absolute atomic E-state index is 12.8. The van der Waals surface area contributed by atoms with E-state index in [-0.39, 0.29) is 29.0 Å². The lowest BCUT2D eigenvalue weighted by Crippen LogP contribution is -2.50. The fourth-order valence-corrected chi connectivity index (χ4v) is 2.93. The van der Waals surface area contributed by atoms with E-state index in [1.165, 1.54) is 18.5 Å². The third kappa shape index (κ3) is 4.57. The van der Waals surface area contributed by atoms with Crippen molar-refractivity contribution in [2.75, 3.05) is 26.2 Å². The van der Waals surface area contributed by atoms with Crippen LogP contribution in [0.5, 0.6) is 0 Å². The maximum Gasteiger partial charge on any atom is 0.289 e. The summed E-state index contributed by atoms with van der Waals surface area (Å²) in [7, 11) is 0. The van der Waals surface area contributed by atoms with Gasteiger partial charge in [-0.2, -0.15) is 0 Å². The number of nitrogens with one attached hydrogen (secondary N) is 1. The van der Waals surface area contributed by atoms with Crippen molar-refractivity contribution in [3.8, 4) is 0 Å². The van der Waals surface area contributed by atoms with Crippen LogP contribution in [0.2, 0.25) is 0 Å². The fourth-order valence-electron chi connectivity index (χ4n) is 2.93. The average molecular weight is 384 g/mol. The SMILES string of the molecule is CC(C)(C)NC(=O)c1ccnc(C(=O)N2CCN(C(=O)c3ccco3)CC2)c1. The van der Waals surface area contributed by atoms with Crippen molar-refractivity contribution < 1.29 is 18.8 Å². The van der Waals surface area contributed by atoms with Crippen LogP contribution in [-0.2, 0) is 0 Å². The largest absolute Gasteiger partial charge is 0.459 e. The molecule has 8 nitrogen and oxygen atoms in total. The molecule has 1 saturated heterocycles. The first-order chi connectivity index (χ1) is 13.2. The molecule has 0 aliphatic carbocycles. The number of amides is 3. The molecule has 0 atom stereocenters. The van der Waals surface area contributed by atoms with Crippen LogP contribution < -0.4 is 5.32 Å². The van der Waals surface area contributed by atoms with Gasteiger partial charge in [-0.15, -0.1) is 0 Å². The minimum atomic E-state index is -0.374. The van der Waals surface area contributed by atoms with Gasteiger partial charge in [0.2, 0.25) is 0 Å². The van der Waals surface area contributed by atoms with Gasteiger partial charge in [-0.05, 0) is 45.0 Å². The predicted octanol–water partition coefficient (Wildman–Crippen LogP) is 1.80. The number of rotatable bonds is 3. The number of carbonyl (C=O) groups is 3. The highest BCUT2D eigenvalue weighted by Crippen LogP contribution is 2.13. The number of aromatic nitrogens is 1. The van der Waals surface area contributed by atoms with Crippen molar-refractivity contribution in [1.29, 1.82) is 0 Å². The van der Waals surface area contributed by atoms with Gasteiger partial charge in [-0.3, -0.25) is 19.4 Å². The van der Waals surface area contributed by atoms with Gasteiger partial charge in [0.25, 0.3) is 17.7 Å². The Morgan fingerprint density at radius 2 is 1.68 bits per heavy atom. The molecule has 3 amide bonds. The highest BCUT2D eigenvalue weighted by molar-refractivity contribution is 5.99. The molecule has 0 saturated carbocycles. The summed E-state index contributed by atoms with van der Waals surface area (Å²) < 4.78 is 5.14. The molecule has 2 aromatic heterocycles. The lowest BCUT2D eigenvalue weighted by Gasteiger charge is -2.34. The molecular weight excluding hydrogens is 360 g/mol. The van der Waals surface area contributed by atoms with Gasteiger partial charge >= 0.3 is 0 Å². The fraction of sp³-hybridized carbons (Fsp3) is 0.400. The first-order valence-corrected chi connectivity index (χ1v) is 9.15. The first kappa shape index (κ1) is 19.6. The molecule has 8 heteroatoms. The summed E-state index contributed by atoms with van der Waals surface area (Å²) >= 11 is 0. The van der Waals surface area contributed by atoms with Crippen molar-refractivity contribution in [3.05, 3.63) is 53.7 Å². The Bertz CT molecular complexity index is 863. The van der Waals surface area contributed by atoms with Crippen molar-refractivity contribution in [1.82, 2.24) is 20.1 Å². The Labute approximate surface area is 163 Å². The van der Waals surface area contributed by atoms with Gasteiger partial charge in [0.1, 0.15) is 5.69 Å². The number of hydrogen-bond acceptors (Lipinski definition) is 5. The summed E-state index contributed by atoms with van der Waals surface area (Å²) in [5.74, 6) is -0.400. The molecule has 0 unspecified atom stereocenters. The number of pyridine rings is 1. The van der Waals surface area contributed by atoms with Gasteiger partial charge in [-0.25, -0.2) is 0 Å². The molecule has 148 valence electrons. The van der Waals surface area contributed by atoms with E-state index in [1.54, 1.807) is 28.0 Å². The molecule has 1 N–H and O–H groups in total. The minimum absolute atomic E-state index is 0.184. The number of hydrogen-bond donors (Lipinski definition) is 1. The van der Waals surface area contributed by atoms with E-state index in [2.05, 4.69) is 10.3 Å². The van der Waals surface area contributed by atoms with Gasteiger partial charge in [0.05, 0.1) is 6.26 Å². The zero-order valence-corrected chi connectivity index (χ0v) is 16.3. The molecule has 2 aromatic rings. The van der Waals surface area contributed by atoms with Crippen LogP contribution >= 0.6 is 0 Å². The van der Waals surface area contributed by atoms with Gasteiger partial charge in [0, 0.05) is 43.5 Å². The summed E-state index contributed by atoms with van der Waals surface area (Å²) in [4.78, 5) is 44.8. The van der Waals surface area contributed by atoms with Crippen LogP contribution in [0.25, 0.3) is 0 Å². The predicted molar refractivity (Wildman–Crippen MR) is 102 cm³/mol. The second kappa shape index (κ2) is 7.84. The second-order valence-electron chi connectivity index (χ2n) is 7.70. The van der Waals surface area contributed by atoms with E-state index < -0.39 is 0 Å². The van der Waals surface area contributed by atoms with Crippen LogP contribution in [-0.4, -0.2) is 64.2 Å². The Hall–Kier alpha value is -3.16. The lowest BCUT2D eigenvalue weighted by atomic mass is 10.1. The first-order valence-electron chi connectivity index (χ1n) is 9.15. The molecule has 28 heavy (non-hydrogen) atoms. The summed E-state index contributed by atoms with van der Waals surface area (Å²) in [6.45, 7) is 7.28. The van der Waals surface area contributed by atoms with E-state index in [4.69, 9.17) is 4.42 Å². The molecule has 1 aliphatic rings. The van der Waals surface area contributed by atoms with E-state index in [0.717, 1.165) is 0 Å². The highest BCUT2D eigenvalue weighted by Gasteiger charge is 2.27. The van der Waals surface area contributed by atoms with E-state index in [0.29, 0.717) is 37.5 Å². The second-order valence-corrected chi connectivity index (χ2v) is 7.70. The molecule has 3 rings (SSSR count). The smallest absolute Gasteiger partial charge is 0.289 e. The standard InChI is InChI=1S/C20H24N4O4/c1-20(2,3)22-17(25)14-6-7-21-15(13-14)18(26)23-8-10-24(11-9-23)19(27)16-5-4-12-28-16/h4-7,12-13H,8-11H2,1-3H3,(H,22,25). The van der Waals surface area contributed by atoms with Crippen LogP contribution in [0.1, 0.15) is 52.2 Å². The summed E-state index contributed by atoms with van der Waals surface area (Å²) in [6, 6.07) is 6.38. The molecular formula is C20H24N4O4. The van der Waals surface area contributed by atoms with Crippen LogP contribution in [0.4, 0.5) is 0 Å². The molecule has 0 bridgehead atoms. The van der Waals surface area contributed by atoms with Crippen molar-refractivity contribution in [2.45, 2.75) is 26.3 Å². The molecule has 3 heterocycles. The van der Waals surface area contributed by atoms with Crippen molar-refractivity contribution in [3.63, 3.8) is 0 Å². The lowest BCUT2D eigenvalue weighted by molar-refractivity contribution is 0.0515. The van der Waals surface area contributed by atoms with Gasteiger partial charge in [0.15, 0.2) is 5.76 Å². The van der Waals surface area contributed by atoms with Crippen LogP contribution in [0.3, 0.4) is 0 Å². The highest BCUT2D eigenvalue weighted by atomic mass is 16.3. The Kier molecular flexibility index (Phi) is 5.48. The zero-order valence-electron chi connectivity index (χ0n) is 16.3. The number of nitrogens with zero attached hydrogens (tertiary/aromatic N) is 3. The third-order valence-electron chi connectivity index (χ3n) is 4.32. The van der Waals surface area contributed by atoms with E-state index in [9.17, 15) is 14.4 Å². The summed E-state index contributed by atoms with van der Waals surface area (Å²) in [6.07, 6.45) is 2.92. The number of furan rings is 1. The molecule has 1 fully saturated rings. The van der Waals surface area contributed by atoms with Crippen LogP contribution in [0.15, 0.2) is 41.1 Å². The summed E-state index contributed by atoms with van der Waals surface area (Å²) in [5, 5.41) is 2.87. The average Bonchev–Trinajstić information content (AvgIpc) is 3.20. The normalized spacial score (nSPS) is 14.7. The Morgan fingerprint density at radius 3 is 2.25 bits per heavy atom. The maximum atomic E-state index is 12.8. The van der Waals surface area contributed by atoms with Crippen LogP contribution in [0, 0.1) is 0 Å². The van der Waals surface area contributed by atoms with Crippen molar-refractivity contribution >= 4 is 17.7 Å². The molecule has 0 spiro atoms. The molecule has 0 radical (unpaired) electrons. The minimum Gasteiger partial charge on any atom is -0.459 e. The van der Waals surface area contributed by atoms with Crippen molar-refractivity contribution in [2.24, 2.45) is 0 Å². The quantitative estimate of drug-likeness (QED) is 0.871. The third-order valence-corrected chi connectivity index (χ3v) is 4.32. The molecule has 0 aromatic carbocycles. The van der Waals surface area contributed by atoms with Gasteiger partial charge < -0.3 is 19.5 Å². The van der Waals surface area contributed by atoms with E-state index in [1.807, 2.05) is 20.8 Å². The molecule has 1 aliphatic heterocycles. The number of carbonyl (C=O) groups excluding carboxylic acids is 3. The number of piperazine rings is 1.